The number of amides is 1. The highest BCUT2D eigenvalue weighted by Crippen LogP contribution is 2.47. The molecule has 1 fully saturated rings. The van der Waals surface area contributed by atoms with E-state index in [1.54, 1.807) is 6.07 Å². The van der Waals surface area contributed by atoms with Gasteiger partial charge in [0, 0.05) is 24.2 Å². The number of halogens is 1. The molecular weight excluding hydrogens is 551 g/mol. The zero-order valence-electron chi connectivity index (χ0n) is 24.9. The molecule has 9 heteroatoms. The van der Waals surface area contributed by atoms with Gasteiger partial charge in [-0.2, -0.15) is 0 Å². The first-order valence-electron chi connectivity index (χ1n) is 15.0. The highest BCUT2D eigenvalue weighted by atomic mass is 19.1. The first kappa shape index (κ1) is 30.4. The minimum Gasteiger partial charge on any atom is -0.494 e. The normalized spacial score (nSPS) is 19.4. The molecule has 3 atom stereocenters. The third-order valence-corrected chi connectivity index (χ3v) is 8.34. The van der Waals surface area contributed by atoms with E-state index >= 15 is 0 Å². The summed E-state index contributed by atoms with van der Waals surface area (Å²) in [6.45, 7) is 6.98. The zero-order valence-corrected chi connectivity index (χ0v) is 24.9. The van der Waals surface area contributed by atoms with Gasteiger partial charge in [-0.25, -0.2) is 4.39 Å². The number of carboxylic acids is 1. The topological polar surface area (TPSA) is 97.3 Å². The van der Waals surface area contributed by atoms with Crippen LogP contribution in [-0.4, -0.2) is 48.4 Å². The third kappa shape index (κ3) is 6.62. The summed E-state index contributed by atoms with van der Waals surface area (Å²) >= 11 is 0. The molecule has 1 unspecified atom stereocenters. The van der Waals surface area contributed by atoms with E-state index in [1.807, 2.05) is 55.1 Å². The van der Waals surface area contributed by atoms with Crippen LogP contribution in [0.15, 0.2) is 54.6 Å². The van der Waals surface area contributed by atoms with Crippen LogP contribution in [0.4, 0.5) is 10.1 Å². The Morgan fingerprint density at radius 3 is 2.30 bits per heavy atom. The highest BCUT2D eigenvalue weighted by Gasteiger charge is 2.48. The molecule has 8 nitrogen and oxygen atoms in total. The van der Waals surface area contributed by atoms with E-state index < -0.39 is 23.8 Å². The Morgan fingerprint density at radius 1 is 0.977 bits per heavy atom. The Balaban J connectivity index is 1.46. The number of anilines is 1. The molecule has 0 saturated carbocycles. The van der Waals surface area contributed by atoms with E-state index in [9.17, 15) is 19.1 Å². The van der Waals surface area contributed by atoms with E-state index in [0.29, 0.717) is 48.9 Å². The van der Waals surface area contributed by atoms with Crippen LogP contribution in [0.2, 0.25) is 0 Å². The van der Waals surface area contributed by atoms with E-state index in [0.717, 1.165) is 35.1 Å². The summed E-state index contributed by atoms with van der Waals surface area (Å²) in [5, 5.41) is 13.6. The van der Waals surface area contributed by atoms with E-state index in [2.05, 4.69) is 12.2 Å². The summed E-state index contributed by atoms with van der Waals surface area (Å²) in [5.74, 6) is -0.874. The van der Waals surface area contributed by atoms with Gasteiger partial charge >= 0.3 is 5.97 Å². The van der Waals surface area contributed by atoms with Crippen LogP contribution >= 0.6 is 0 Å². The van der Waals surface area contributed by atoms with E-state index in [-0.39, 0.29) is 25.1 Å². The Hall–Kier alpha value is -4.11. The summed E-state index contributed by atoms with van der Waals surface area (Å²) in [7, 11) is 0. The number of fused-ring (bicyclic) bond motifs is 1. The number of unbranched alkanes of at least 4 members (excludes halogenated alkanes) is 1. The number of carbonyl (C=O) groups excluding carboxylic acids is 1. The fourth-order valence-corrected chi connectivity index (χ4v) is 6.17. The fraction of sp³-hybridized carbons (Fsp3) is 0.412. The second kappa shape index (κ2) is 13.5. The molecule has 3 aromatic carbocycles. The minimum atomic E-state index is -0.945. The van der Waals surface area contributed by atoms with Gasteiger partial charge in [0.1, 0.15) is 11.6 Å². The number of carbonyl (C=O) groups is 2. The number of nitrogens with zero attached hydrogens (tertiary/aromatic N) is 1. The van der Waals surface area contributed by atoms with Crippen molar-refractivity contribution >= 4 is 17.6 Å². The number of rotatable bonds is 12. The molecule has 2 aliphatic rings. The molecule has 43 heavy (non-hydrogen) atoms. The maximum Gasteiger partial charge on any atom is 0.309 e. The summed E-state index contributed by atoms with van der Waals surface area (Å²) < 4.78 is 31.1. The molecule has 2 N–H and O–H groups in total. The van der Waals surface area contributed by atoms with Gasteiger partial charge in [0.05, 0.1) is 19.1 Å². The Labute approximate surface area is 251 Å². The van der Waals surface area contributed by atoms with Crippen molar-refractivity contribution in [3.8, 4) is 17.2 Å². The van der Waals surface area contributed by atoms with E-state index in [1.165, 1.54) is 12.1 Å². The quantitative estimate of drug-likeness (QED) is 0.238. The SMILES string of the molecule is CCCCOc1ccc([C@H]2C(C(=O)O)[C@@H](c3ccc4c(c3)OCO4)CN2CC(=O)Nc2c(CC)cc(F)cc2CC)cc1. The number of hydrogen-bond donors (Lipinski definition) is 2. The van der Waals surface area contributed by atoms with Crippen LogP contribution in [-0.2, 0) is 22.4 Å². The maximum absolute atomic E-state index is 14.2. The molecular formula is C34H39FN2O6. The second-order valence-corrected chi connectivity index (χ2v) is 11.1. The second-order valence-electron chi connectivity index (χ2n) is 11.1. The van der Waals surface area contributed by atoms with Crippen LogP contribution in [0.3, 0.4) is 0 Å². The van der Waals surface area contributed by atoms with Crippen molar-refractivity contribution in [2.75, 3.05) is 31.8 Å². The highest BCUT2D eigenvalue weighted by molar-refractivity contribution is 5.94. The van der Waals surface area contributed by atoms with Crippen molar-refractivity contribution < 1.29 is 33.3 Å². The number of ether oxygens (including phenoxy) is 3. The zero-order chi connectivity index (χ0) is 30.5. The Bertz CT molecular complexity index is 1430. The number of aliphatic carboxylic acids is 1. The van der Waals surface area contributed by atoms with Crippen molar-refractivity contribution in [1.82, 2.24) is 4.90 Å². The third-order valence-electron chi connectivity index (χ3n) is 8.34. The van der Waals surface area contributed by atoms with Gasteiger partial charge in [-0.3, -0.25) is 14.5 Å². The standard InChI is InChI=1S/C34H39FN2O6/c1-4-7-14-41-26-11-8-23(9-12-26)33-31(34(39)40)27(24-10-13-28-29(17-24)43-20-42-28)18-37(33)19-30(38)36-32-21(5-2)15-25(35)16-22(32)6-3/h8-13,15-17,27,31,33H,4-7,14,18-20H2,1-3H3,(H,36,38)(H,39,40)/t27-,31?,33+/m1/s1. The van der Waals surface area contributed by atoms with Crippen LogP contribution in [0.25, 0.3) is 0 Å². The molecule has 0 spiro atoms. The summed E-state index contributed by atoms with van der Waals surface area (Å²) in [6, 6.07) is 15.3. The first-order valence-corrected chi connectivity index (χ1v) is 15.0. The molecule has 0 radical (unpaired) electrons. The molecule has 1 saturated heterocycles. The van der Waals surface area contributed by atoms with Crippen molar-refractivity contribution in [2.24, 2.45) is 5.92 Å². The molecule has 228 valence electrons. The van der Waals surface area contributed by atoms with Gasteiger partial charge in [0.15, 0.2) is 11.5 Å². The van der Waals surface area contributed by atoms with Crippen LogP contribution in [0.1, 0.15) is 67.8 Å². The maximum atomic E-state index is 14.2. The predicted octanol–water partition coefficient (Wildman–Crippen LogP) is 6.34. The first-order chi connectivity index (χ1) is 20.8. The molecule has 5 rings (SSSR count). The van der Waals surface area contributed by atoms with Gasteiger partial charge < -0.3 is 24.6 Å². The largest absolute Gasteiger partial charge is 0.494 e. The Morgan fingerprint density at radius 2 is 1.65 bits per heavy atom. The molecule has 0 bridgehead atoms. The van der Waals surface area contributed by atoms with Crippen LogP contribution in [0, 0.1) is 11.7 Å². The lowest BCUT2D eigenvalue weighted by molar-refractivity contribution is -0.143. The number of nitrogens with one attached hydrogen (secondary N) is 1. The van der Waals surface area contributed by atoms with Gasteiger partial charge in [0.2, 0.25) is 12.7 Å². The number of benzene rings is 3. The lowest BCUT2D eigenvalue weighted by Gasteiger charge is -2.27. The smallest absolute Gasteiger partial charge is 0.309 e. The van der Waals surface area contributed by atoms with Crippen LogP contribution < -0.4 is 19.5 Å². The van der Waals surface area contributed by atoms with Gasteiger partial charge in [-0.1, -0.05) is 45.4 Å². The summed E-state index contributed by atoms with van der Waals surface area (Å²) in [4.78, 5) is 28.4. The predicted molar refractivity (Wildman–Crippen MR) is 161 cm³/mol. The molecule has 1 amide bonds. The number of likely N-dealkylation sites (tertiary alicyclic amines) is 1. The average Bonchev–Trinajstić information content (AvgIpc) is 3.62. The summed E-state index contributed by atoms with van der Waals surface area (Å²) in [5.41, 5.74) is 3.68. The minimum absolute atomic E-state index is 0.0338. The monoisotopic (exact) mass is 590 g/mol. The lowest BCUT2D eigenvalue weighted by Crippen LogP contribution is -2.35. The number of hydrogen-bond acceptors (Lipinski definition) is 6. The van der Waals surface area contributed by atoms with E-state index in [4.69, 9.17) is 14.2 Å². The molecule has 2 aliphatic heterocycles. The number of aryl methyl sites for hydroxylation is 2. The summed E-state index contributed by atoms with van der Waals surface area (Å²) in [6.07, 6.45) is 3.09. The van der Waals surface area contributed by atoms with Gasteiger partial charge in [-0.15, -0.1) is 0 Å². The van der Waals surface area contributed by atoms with Gasteiger partial charge in [0.25, 0.3) is 0 Å². The molecule has 3 aromatic rings. The van der Waals surface area contributed by atoms with Gasteiger partial charge in [-0.05, 0) is 77.9 Å². The van der Waals surface area contributed by atoms with Crippen molar-refractivity contribution in [2.45, 2.75) is 58.4 Å². The van der Waals surface area contributed by atoms with Crippen molar-refractivity contribution in [3.05, 3.63) is 82.7 Å². The lowest BCUT2D eigenvalue weighted by atomic mass is 9.82. The molecule has 2 heterocycles. The fourth-order valence-electron chi connectivity index (χ4n) is 6.17. The van der Waals surface area contributed by atoms with Crippen molar-refractivity contribution in [3.63, 3.8) is 0 Å². The Kier molecular flexibility index (Phi) is 9.50. The average molecular weight is 591 g/mol. The number of carboxylic acid groups (broad SMARTS) is 1. The van der Waals surface area contributed by atoms with Crippen molar-refractivity contribution in [1.29, 1.82) is 0 Å². The molecule has 0 aromatic heterocycles. The van der Waals surface area contributed by atoms with Crippen LogP contribution in [0.5, 0.6) is 17.2 Å². The molecule has 0 aliphatic carbocycles.